The van der Waals surface area contributed by atoms with Gasteiger partial charge in [0.2, 0.25) is 0 Å². The maximum absolute atomic E-state index is 4.00. The first kappa shape index (κ1) is 20.4. The number of rotatable bonds is 7. The third-order valence-electron chi connectivity index (χ3n) is 5.34. The van der Waals surface area contributed by atoms with Crippen LogP contribution in [-0.2, 0) is 5.41 Å². The maximum atomic E-state index is 4.00. The predicted octanol–water partition coefficient (Wildman–Crippen LogP) is 7.89. The summed E-state index contributed by atoms with van der Waals surface area (Å²) in [6.45, 7) is 12.0. The number of fused-ring (bicyclic) bond motifs is 3. The monoisotopic (exact) mass is 376 g/mol. The van der Waals surface area contributed by atoms with Gasteiger partial charge in [0.05, 0.1) is 5.41 Å². The Bertz CT molecular complexity index is 1000. The smallest absolute Gasteiger partial charge is 0.0713 e. The molecule has 2 aromatic rings. The SMILES string of the molecule is C=C/C=C\C(=C/C=C)C1(C(/C=C\C)=C/C=C\C)c2ccccc2-c2ccccc21. The standard InChI is InChI=1S/C29H28/c1-5-9-17-23(15-7-3)29(24(16-8-4)18-10-6-2)27-21-13-11-19-25(27)26-20-12-14-22-28(26)29/h5-22H,1,3H2,2,4H3/b10-6-,16-8-,17-9-,23-15+,24-18+. The minimum atomic E-state index is -0.424. The van der Waals surface area contributed by atoms with Crippen LogP contribution in [0.3, 0.4) is 0 Å². The van der Waals surface area contributed by atoms with Crippen molar-refractivity contribution in [3.05, 3.63) is 145 Å². The molecule has 0 fully saturated rings. The highest BCUT2D eigenvalue weighted by molar-refractivity contribution is 5.87. The lowest BCUT2D eigenvalue weighted by molar-refractivity contribution is 0.765. The first-order valence-electron chi connectivity index (χ1n) is 10.0. The molecular weight excluding hydrogens is 348 g/mol. The fraction of sp³-hybridized carbons (Fsp3) is 0.103. The van der Waals surface area contributed by atoms with E-state index in [0.717, 1.165) is 0 Å². The molecule has 3 rings (SSSR count). The van der Waals surface area contributed by atoms with Crippen LogP contribution >= 0.6 is 0 Å². The highest BCUT2D eigenvalue weighted by Crippen LogP contribution is 2.57. The van der Waals surface area contributed by atoms with Crippen molar-refractivity contribution >= 4 is 0 Å². The lowest BCUT2D eigenvalue weighted by Crippen LogP contribution is -2.29. The van der Waals surface area contributed by atoms with Crippen LogP contribution in [0.25, 0.3) is 11.1 Å². The molecule has 0 aromatic heterocycles. The molecule has 0 amide bonds. The van der Waals surface area contributed by atoms with Crippen LogP contribution < -0.4 is 0 Å². The molecule has 0 N–H and O–H groups in total. The van der Waals surface area contributed by atoms with Gasteiger partial charge in [-0.05, 0) is 47.2 Å². The topological polar surface area (TPSA) is 0 Å². The van der Waals surface area contributed by atoms with Gasteiger partial charge in [-0.25, -0.2) is 0 Å². The van der Waals surface area contributed by atoms with E-state index in [-0.39, 0.29) is 0 Å². The van der Waals surface area contributed by atoms with Crippen molar-refractivity contribution in [3.63, 3.8) is 0 Å². The van der Waals surface area contributed by atoms with Crippen LogP contribution in [0.4, 0.5) is 0 Å². The van der Waals surface area contributed by atoms with Gasteiger partial charge in [0.1, 0.15) is 0 Å². The van der Waals surface area contributed by atoms with Crippen LogP contribution in [0.5, 0.6) is 0 Å². The summed E-state index contributed by atoms with van der Waals surface area (Å²) < 4.78 is 0. The Morgan fingerprint density at radius 2 is 1.28 bits per heavy atom. The average Bonchev–Trinajstić information content (AvgIpc) is 3.05. The predicted molar refractivity (Wildman–Crippen MR) is 128 cm³/mol. The summed E-state index contributed by atoms with van der Waals surface area (Å²) in [5.74, 6) is 0. The Kier molecular flexibility index (Phi) is 6.46. The van der Waals surface area contributed by atoms with E-state index in [1.807, 2.05) is 25.2 Å². The van der Waals surface area contributed by atoms with Crippen LogP contribution in [-0.4, -0.2) is 0 Å². The first-order valence-corrected chi connectivity index (χ1v) is 10.0. The molecule has 2 aromatic carbocycles. The Morgan fingerprint density at radius 3 is 1.79 bits per heavy atom. The summed E-state index contributed by atoms with van der Waals surface area (Å²) in [7, 11) is 0. The summed E-state index contributed by atoms with van der Waals surface area (Å²) >= 11 is 0. The molecule has 0 aliphatic heterocycles. The number of benzene rings is 2. The van der Waals surface area contributed by atoms with Gasteiger partial charge in [-0.2, -0.15) is 0 Å². The fourth-order valence-corrected chi connectivity index (χ4v) is 4.31. The van der Waals surface area contributed by atoms with Gasteiger partial charge in [-0.15, -0.1) is 0 Å². The lowest BCUT2D eigenvalue weighted by Gasteiger charge is -2.35. The quantitative estimate of drug-likeness (QED) is 0.431. The summed E-state index contributed by atoms with van der Waals surface area (Å²) in [4.78, 5) is 0. The number of allylic oxidation sites excluding steroid dienone is 12. The maximum Gasteiger partial charge on any atom is 0.0713 e. The minimum absolute atomic E-state index is 0.424. The normalized spacial score (nSPS) is 15.8. The molecular formula is C29H28. The fourth-order valence-electron chi connectivity index (χ4n) is 4.31. The largest absolute Gasteiger partial charge is 0.0991 e. The summed E-state index contributed by atoms with van der Waals surface area (Å²) in [5.41, 5.74) is 7.10. The molecule has 0 nitrogen and oxygen atoms in total. The number of hydrogen-bond donors (Lipinski definition) is 0. The van der Waals surface area contributed by atoms with Crippen molar-refractivity contribution in [2.45, 2.75) is 19.3 Å². The third-order valence-corrected chi connectivity index (χ3v) is 5.34. The summed E-state index contributed by atoms with van der Waals surface area (Å²) in [6, 6.07) is 17.4. The Labute approximate surface area is 175 Å². The number of hydrogen-bond acceptors (Lipinski definition) is 0. The van der Waals surface area contributed by atoms with Crippen molar-refractivity contribution in [2.24, 2.45) is 0 Å². The van der Waals surface area contributed by atoms with Gasteiger partial charge in [-0.3, -0.25) is 0 Å². The second-order valence-electron chi connectivity index (χ2n) is 6.94. The van der Waals surface area contributed by atoms with E-state index < -0.39 is 5.41 Å². The second-order valence-corrected chi connectivity index (χ2v) is 6.94. The van der Waals surface area contributed by atoms with Gasteiger partial charge in [0.15, 0.2) is 0 Å². The summed E-state index contributed by atoms with van der Waals surface area (Å²) in [5, 5.41) is 0. The van der Waals surface area contributed by atoms with Crippen LogP contribution in [0.2, 0.25) is 0 Å². The Balaban J connectivity index is 2.54. The highest BCUT2D eigenvalue weighted by atomic mass is 14.5. The first-order chi connectivity index (χ1) is 14.2. The van der Waals surface area contributed by atoms with E-state index in [4.69, 9.17) is 0 Å². The van der Waals surface area contributed by atoms with Crippen molar-refractivity contribution in [1.29, 1.82) is 0 Å². The molecule has 144 valence electrons. The molecule has 0 atom stereocenters. The zero-order valence-electron chi connectivity index (χ0n) is 17.3. The molecule has 0 saturated carbocycles. The summed E-state index contributed by atoms with van der Waals surface area (Å²) in [6.07, 6.45) is 20.7. The van der Waals surface area contributed by atoms with E-state index in [2.05, 4.69) is 111 Å². The Hall–Kier alpha value is -3.38. The molecule has 0 heterocycles. The van der Waals surface area contributed by atoms with Crippen LogP contribution in [0.15, 0.2) is 134 Å². The molecule has 0 heteroatoms. The van der Waals surface area contributed by atoms with Crippen molar-refractivity contribution in [1.82, 2.24) is 0 Å². The Morgan fingerprint density at radius 1 is 0.690 bits per heavy atom. The van der Waals surface area contributed by atoms with Crippen molar-refractivity contribution in [2.75, 3.05) is 0 Å². The zero-order valence-corrected chi connectivity index (χ0v) is 17.3. The molecule has 0 unspecified atom stereocenters. The molecule has 0 spiro atoms. The third kappa shape index (κ3) is 3.43. The van der Waals surface area contributed by atoms with Gasteiger partial charge >= 0.3 is 0 Å². The van der Waals surface area contributed by atoms with E-state index in [1.54, 1.807) is 0 Å². The van der Waals surface area contributed by atoms with Gasteiger partial charge in [0, 0.05) is 0 Å². The van der Waals surface area contributed by atoms with E-state index >= 15 is 0 Å². The second kappa shape index (κ2) is 9.21. The minimum Gasteiger partial charge on any atom is -0.0991 e. The molecule has 1 aliphatic carbocycles. The average molecular weight is 377 g/mol. The molecule has 29 heavy (non-hydrogen) atoms. The van der Waals surface area contributed by atoms with Gasteiger partial charge in [0.25, 0.3) is 0 Å². The van der Waals surface area contributed by atoms with Gasteiger partial charge in [-0.1, -0.05) is 122 Å². The van der Waals surface area contributed by atoms with Gasteiger partial charge < -0.3 is 0 Å². The molecule has 0 bridgehead atoms. The molecule has 1 aliphatic rings. The van der Waals surface area contributed by atoms with Crippen molar-refractivity contribution < 1.29 is 0 Å². The van der Waals surface area contributed by atoms with Crippen molar-refractivity contribution in [3.8, 4) is 11.1 Å². The van der Waals surface area contributed by atoms with E-state index in [0.29, 0.717) is 0 Å². The van der Waals surface area contributed by atoms with E-state index in [1.165, 1.54) is 33.4 Å². The highest BCUT2D eigenvalue weighted by Gasteiger charge is 2.46. The van der Waals surface area contributed by atoms with Crippen LogP contribution in [0, 0.1) is 0 Å². The molecule has 0 radical (unpaired) electrons. The molecule has 0 saturated heterocycles. The zero-order chi connectivity index (χ0) is 20.7. The lowest BCUT2D eigenvalue weighted by atomic mass is 9.66. The van der Waals surface area contributed by atoms with E-state index in [9.17, 15) is 0 Å². The van der Waals surface area contributed by atoms with Crippen LogP contribution in [0.1, 0.15) is 25.0 Å².